The van der Waals surface area contributed by atoms with Crippen molar-refractivity contribution in [1.82, 2.24) is 10.2 Å². The lowest BCUT2D eigenvalue weighted by atomic mass is 9.99. The van der Waals surface area contributed by atoms with Crippen molar-refractivity contribution in [3.63, 3.8) is 0 Å². The van der Waals surface area contributed by atoms with Crippen LogP contribution in [0.15, 0.2) is 48.5 Å². The van der Waals surface area contributed by atoms with Crippen LogP contribution in [0.1, 0.15) is 35.2 Å². The maximum atomic E-state index is 12.4. The minimum atomic E-state index is -0.132. The molecule has 2 amide bonds. The number of benzene rings is 2. The Morgan fingerprint density at radius 1 is 1.15 bits per heavy atom. The maximum absolute atomic E-state index is 12.4. The van der Waals surface area contributed by atoms with Crippen molar-refractivity contribution in [2.24, 2.45) is 5.92 Å². The van der Waals surface area contributed by atoms with Gasteiger partial charge in [-0.3, -0.25) is 9.59 Å². The molecule has 5 nitrogen and oxygen atoms in total. The van der Waals surface area contributed by atoms with E-state index in [9.17, 15) is 14.9 Å². The Bertz CT molecular complexity index is 910. The molecule has 27 heavy (non-hydrogen) atoms. The highest BCUT2D eigenvalue weighted by Gasteiger charge is 2.39. The molecule has 136 valence electrons. The van der Waals surface area contributed by atoms with E-state index in [1.54, 1.807) is 18.2 Å². The van der Waals surface area contributed by atoms with Gasteiger partial charge in [0.05, 0.1) is 11.6 Å². The van der Waals surface area contributed by atoms with Gasteiger partial charge in [-0.15, -0.1) is 0 Å². The van der Waals surface area contributed by atoms with E-state index in [1.165, 1.54) is 0 Å². The van der Waals surface area contributed by atoms with Crippen molar-refractivity contribution in [1.29, 1.82) is 5.26 Å². The lowest BCUT2D eigenvalue weighted by Crippen LogP contribution is -2.32. The monoisotopic (exact) mass is 359 g/mol. The van der Waals surface area contributed by atoms with E-state index >= 15 is 0 Å². The first-order valence-electron chi connectivity index (χ1n) is 9.33. The predicted octanol–water partition coefficient (Wildman–Crippen LogP) is 2.97. The number of likely N-dealkylation sites (tertiary alicyclic amines) is 1. The predicted molar refractivity (Wildman–Crippen MR) is 102 cm³/mol. The normalized spacial score (nSPS) is 19.0. The molecule has 1 N–H and O–H groups in total. The first-order chi connectivity index (χ1) is 13.2. The highest BCUT2D eigenvalue weighted by atomic mass is 16.2. The van der Waals surface area contributed by atoms with Crippen LogP contribution in [0.4, 0.5) is 0 Å². The average molecular weight is 359 g/mol. The lowest BCUT2D eigenvalue weighted by Gasteiger charge is -2.15. The number of carbonyl (C=O) groups excluding carboxylic acids is 2. The minimum absolute atomic E-state index is 0.132. The molecule has 1 saturated carbocycles. The van der Waals surface area contributed by atoms with Gasteiger partial charge in [0.1, 0.15) is 0 Å². The van der Waals surface area contributed by atoms with Gasteiger partial charge < -0.3 is 10.2 Å². The molecule has 2 aromatic rings. The van der Waals surface area contributed by atoms with E-state index in [2.05, 4.69) is 11.4 Å². The number of rotatable bonds is 5. The molecule has 1 heterocycles. The molecule has 2 aliphatic rings. The molecule has 0 aromatic heterocycles. The quantitative estimate of drug-likeness (QED) is 0.892. The number of hydrogen-bond donors (Lipinski definition) is 1. The summed E-state index contributed by atoms with van der Waals surface area (Å²) >= 11 is 0. The molecule has 2 aromatic carbocycles. The Balaban J connectivity index is 1.37. The number of nitrogens with zero attached hydrogens (tertiary/aromatic N) is 2. The summed E-state index contributed by atoms with van der Waals surface area (Å²) in [4.78, 5) is 26.4. The van der Waals surface area contributed by atoms with Crippen LogP contribution < -0.4 is 5.32 Å². The molecule has 1 aliphatic heterocycles. The molecule has 1 atom stereocenters. The molecule has 0 unspecified atom stereocenters. The van der Waals surface area contributed by atoms with Crippen molar-refractivity contribution in [3.05, 3.63) is 59.7 Å². The van der Waals surface area contributed by atoms with Gasteiger partial charge in [-0.25, -0.2) is 0 Å². The van der Waals surface area contributed by atoms with E-state index in [0.717, 1.165) is 30.5 Å². The van der Waals surface area contributed by atoms with E-state index in [0.29, 0.717) is 30.1 Å². The molecule has 0 radical (unpaired) electrons. The summed E-state index contributed by atoms with van der Waals surface area (Å²) in [7, 11) is 0. The molecule has 4 rings (SSSR count). The van der Waals surface area contributed by atoms with Crippen molar-refractivity contribution >= 4 is 11.8 Å². The molecular weight excluding hydrogens is 338 g/mol. The van der Waals surface area contributed by atoms with Crippen molar-refractivity contribution in [3.8, 4) is 17.2 Å². The van der Waals surface area contributed by atoms with E-state index < -0.39 is 0 Å². The Morgan fingerprint density at radius 3 is 2.59 bits per heavy atom. The second-order valence-electron chi connectivity index (χ2n) is 7.29. The van der Waals surface area contributed by atoms with E-state index in [1.807, 2.05) is 35.2 Å². The number of carbonyl (C=O) groups is 2. The summed E-state index contributed by atoms with van der Waals surface area (Å²) in [6, 6.07) is 17.3. The van der Waals surface area contributed by atoms with Gasteiger partial charge in [-0.2, -0.15) is 5.26 Å². The molecule has 1 saturated heterocycles. The first kappa shape index (κ1) is 17.3. The molecular formula is C22H21N3O2. The van der Waals surface area contributed by atoms with E-state index in [4.69, 9.17) is 0 Å². The van der Waals surface area contributed by atoms with Crippen LogP contribution in [0, 0.1) is 17.2 Å². The molecule has 0 bridgehead atoms. The van der Waals surface area contributed by atoms with Gasteiger partial charge in [0.25, 0.3) is 5.91 Å². The van der Waals surface area contributed by atoms with Crippen LogP contribution in [0.5, 0.6) is 0 Å². The zero-order valence-corrected chi connectivity index (χ0v) is 15.0. The fourth-order valence-electron chi connectivity index (χ4n) is 3.66. The Morgan fingerprint density at radius 2 is 1.89 bits per heavy atom. The zero-order chi connectivity index (χ0) is 18.8. The van der Waals surface area contributed by atoms with Gasteiger partial charge in [0.15, 0.2) is 0 Å². The summed E-state index contributed by atoms with van der Waals surface area (Å²) in [6.07, 6.45) is 2.76. The summed E-state index contributed by atoms with van der Waals surface area (Å²) in [5, 5.41) is 12.2. The second kappa shape index (κ2) is 7.24. The van der Waals surface area contributed by atoms with Crippen LogP contribution in [0.2, 0.25) is 0 Å². The van der Waals surface area contributed by atoms with Crippen molar-refractivity contribution < 1.29 is 9.59 Å². The van der Waals surface area contributed by atoms with Crippen molar-refractivity contribution in [2.45, 2.75) is 25.3 Å². The summed E-state index contributed by atoms with van der Waals surface area (Å²) in [6.45, 7) is 1.28. The minimum Gasteiger partial charge on any atom is -0.352 e. The third-order valence-electron chi connectivity index (χ3n) is 5.28. The highest BCUT2D eigenvalue weighted by Crippen LogP contribution is 2.32. The summed E-state index contributed by atoms with van der Waals surface area (Å²) < 4.78 is 0. The van der Waals surface area contributed by atoms with Crippen molar-refractivity contribution in [2.75, 3.05) is 13.1 Å². The van der Waals surface area contributed by atoms with Crippen LogP contribution in [-0.2, 0) is 4.79 Å². The molecule has 1 aliphatic carbocycles. The zero-order valence-electron chi connectivity index (χ0n) is 15.0. The molecule has 5 heteroatoms. The van der Waals surface area contributed by atoms with Crippen LogP contribution in [0.3, 0.4) is 0 Å². The number of amides is 2. The van der Waals surface area contributed by atoms with Gasteiger partial charge >= 0.3 is 0 Å². The fraction of sp³-hybridized carbons (Fsp3) is 0.318. The Labute approximate surface area is 158 Å². The number of nitrogens with one attached hydrogen (secondary N) is 1. The standard InChI is InChI=1S/C22H21N3O2/c23-12-18-3-1-2-4-20(18)16-5-7-17(8-6-16)22(27)24-13-15-11-21(26)25(14-15)19-9-10-19/h1-8,15,19H,9-11,13-14H2,(H,24,27)/t15-/m1/s1. The third kappa shape index (κ3) is 3.70. The largest absolute Gasteiger partial charge is 0.352 e. The lowest BCUT2D eigenvalue weighted by molar-refractivity contribution is -0.128. The summed E-state index contributed by atoms with van der Waals surface area (Å²) in [5.74, 6) is 0.286. The van der Waals surface area contributed by atoms with Crippen LogP contribution in [0.25, 0.3) is 11.1 Å². The third-order valence-corrected chi connectivity index (χ3v) is 5.28. The van der Waals surface area contributed by atoms with Gasteiger partial charge in [-0.1, -0.05) is 30.3 Å². The van der Waals surface area contributed by atoms with Gasteiger partial charge in [-0.05, 0) is 42.2 Å². The molecule has 0 spiro atoms. The van der Waals surface area contributed by atoms with E-state index in [-0.39, 0.29) is 17.7 Å². The van der Waals surface area contributed by atoms with Crippen LogP contribution >= 0.6 is 0 Å². The van der Waals surface area contributed by atoms with Gasteiger partial charge in [0.2, 0.25) is 5.91 Å². The SMILES string of the molecule is N#Cc1ccccc1-c1ccc(C(=O)NC[C@H]2CC(=O)N(C3CC3)C2)cc1. The molecule has 2 fully saturated rings. The van der Waals surface area contributed by atoms with Crippen LogP contribution in [-0.4, -0.2) is 35.8 Å². The number of hydrogen-bond acceptors (Lipinski definition) is 3. The second-order valence-corrected chi connectivity index (χ2v) is 7.29. The highest BCUT2D eigenvalue weighted by molar-refractivity contribution is 5.94. The Kier molecular flexibility index (Phi) is 4.64. The average Bonchev–Trinajstić information content (AvgIpc) is 3.48. The summed E-state index contributed by atoms with van der Waals surface area (Å²) in [5.41, 5.74) is 2.96. The smallest absolute Gasteiger partial charge is 0.251 e. The first-order valence-corrected chi connectivity index (χ1v) is 9.33. The topological polar surface area (TPSA) is 73.2 Å². The maximum Gasteiger partial charge on any atom is 0.251 e. The Hall–Kier alpha value is -3.13. The fourth-order valence-corrected chi connectivity index (χ4v) is 3.66. The number of nitriles is 1. The van der Waals surface area contributed by atoms with Gasteiger partial charge in [0, 0.05) is 37.0 Å².